The lowest BCUT2D eigenvalue weighted by Gasteiger charge is -2.19. The molecule has 0 amide bonds. The van der Waals surface area contributed by atoms with Crippen LogP contribution in [0.5, 0.6) is 0 Å². The molecule has 0 unspecified atom stereocenters. The first kappa shape index (κ1) is 16.5. The lowest BCUT2D eigenvalue weighted by atomic mass is 10.1. The Kier molecular flexibility index (Phi) is 4.53. The number of nitrogens with one attached hydrogen (secondary N) is 1. The number of aryl methyl sites for hydroxylation is 1. The first-order chi connectivity index (χ1) is 10.2. The Labute approximate surface area is 130 Å². The van der Waals surface area contributed by atoms with Crippen LogP contribution in [0.3, 0.4) is 0 Å². The van der Waals surface area contributed by atoms with Crippen LogP contribution in [0, 0.1) is 12.8 Å². The van der Waals surface area contributed by atoms with Gasteiger partial charge in [-0.3, -0.25) is 4.79 Å². The van der Waals surface area contributed by atoms with Crippen molar-refractivity contribution in [1.29, 1.82) is 0 Å². The fourth-order valence-electron chi connectivity index (χ4n) is 2.36. The van der Waals surface area contributed by atoms with Crippen molar-refractivity contribution in [2.45, 2.75) is 31.7 Å². The van der Waals surface area contributed by atoms with E-state index in [-0.39, 0.29) is 10.8 Å². The summed E-state index contributed by atoms with van der Waals surface area (Å²) in [4.78, 5) is 11.3. The summed E-state index contributed by atoms with van der Waals surface area (Å²) in [6.45, 7) is 5.23. The molecule has 0 aliphatic heterocycles. The molecule has 5 nitrogen and oxygen atoms in total. The molecule has 118 valence electrons. The molecule has 0 bridgehead atoms. The van der Waals surface area contributed by atoms with Gasteiger partial charge in [0, 0.05) is 5.39 Å². The summed E-state index contributed by atoms with van der Waals surface area (Å²) < 4.78 is 27.5. The van der Waals surface area contributed by atoms with Crippen molar-refractivity contribution in [2.75, 3.05) is 0 Å². The van der Waals surface area contributed by atoms with Crippen molar-refractivity contribution in [3.8, 4) is 0 Å². The van der Waals surface area contributed by atoms with Crippen LogP contribution in [0.4, 0.5) is 0 Å². The number of sulfonamides is 1. The number of hydrogen-bond acceptors (Lipinski definition) is 3. The minimum atomic E-state index is -3.92. The van der Waals surface area contributed by atoms with Gasteiger partial charge in [0.15, 0.2) is 0 Å². The van der Waals surface area contributed by atoms with E-state index in [0.717, 1.165) is 10.9 Å². The van der Waals surface area contributed by atoms with Gasteiger partial charge in [-0.2, -0.15) is 4.72 Å². The Hall–Kier alpha value is -1.92. The van der Waals surface area contributed by atoms with Gasteiger partial charge >= 0.3 is 5.97 Å². The van der Waals surface area contributed by atoms with E-state index in [1.807, 2.05) is 19.1 Å². The largest absolute Gasteiger partial charge is 0.480 e. The molecule has 0 saturated heterocycles. The van der Waals surface area contributed by atoms with Gasteiger partial charge in [0.1, 0.15) is 6.04 Å². The second-order valence-electron chi connectivity index (χ2n) is 5.61. The SMILES string of the molecule is Cc1ccc(S(=O)(=O)N[C@H](C(=O)O)C(C)C)c2ccccc12. The number of benzene rings is 2. The van der Waals surface area contributed by atoms with Gasteiger partial charge in [-0.15, -0.1) is 0 Å². The second kappa shape index (κ2) is 6.06. The minimum Gasteiger partial charge on any atom is -0.480 e. The molecule has 0 saturated carbocycles. The zero-order valence-electron chi connectivity index (χ0n) is 12.7. The summed E-state index contributed by atoms with van der Waals surface area (Å²) in [5.74, 6) is -1.54. The van der Waals surface area contributed by atoms with Crippen LogP contribution < -0.4 is 4.72 Å². The molecule has 2 aromatic carbocycles. The van der Waals surface area contributed by atoms with E-state index in [1.165, 1.54) is 6.07 Å². The fraction of sp³-hybridized carbons (Fsp3) is 0.312. The van der Waals surface area contributed by atoms with E-state index in [9.17, 15) is 18.3 Å². The van der Waals surface area contributed by atoms with Crippen LogP contribution in [0.15, 0.2) is 41.3 Å². The van der Waals surface area contributed by atoms with Gasteiger partial charge in [-0.1, -0.05) is 44.2 Å². The first-order valence-electron chi connectivity index (χ1n) is 6.97. The Morgan fingerprint density at radius 3 is 2.23 bits per heavy atom. The summed E-state index contributed by atoms with van der Waals surface area (Å²) in [7, 11) is -3.92. The maximum absolute atomic E-state index is 12.6. The molecular weight excluding hydrogens is 302 g/mol. The molecule has 22 heavy (non-hydrogen) atoms. The lowest BCUT2D eigenvalue weighted by molar-refractivity contribution is -0.140. The molecule has 0 heterocycles. The second-order valence-corrected chi connectivity index (χ2v) is 7.29. The number of aliphatic carboxylic acids is 1. The molecule has 0 aliphatic rings. The quantitative estimate of drug-likeness (QED) is 0.886. The average molecular weight is 321 g/mol. The predicted molar refractivity (Wildman–Crippen MR) is 85.3 cm³/mol. The monoisotopic (exact) mass is 321 g/mol. The van der Waals surface area contributed by atoms with Crippen molar-refractivity contribution in [3.63, 3.8) is 0 Å². The van der Waals surface area contributed by atoms with Crippen LogP contribution in [0.1, 0.15) is 19.4 Å². The average Bonchev–Trinajstić information content (AvgIpc) is 2.44. The lowest BCUT2D eigenvalue weighted by Crippen LogP contribution is -2.44. The maximum atomic E-state index is 12.6. The summed E-state index contributed by atoms with van der Waals surface area (Å²) in [5, 5.41) is 10.6. The fourth-order valence-corrected chi connectivity index (χ4v) is 3.91. The highest BCUT2D eigenvalue weighted by molar-refractivity contribution is 7.89. The number of rotatable bonds is 5. The molecule has 2 aromatic rings. The highest BCUT2D eigenvalue weighted by atomic mass is 32.2. The standard InChI is InChI=1S/C16H19NO4S/c1-10(2)15(16(18)19)17-22(20,21)14-9-8-11(3)12-6-4-5-7-13(12)14/h4-10,15,17H,1-3H3,(H,18,19)/t15-/m0/s1. The molecule has 0 fully saturated rings. The van der Waals surface area contributed by atoms with Crippen LogP contribution in [-0.2, 0) is 14.8 Å². The smallest absolute Gasteiger partial charge is 0.322 e. The summed E-state index contributed by atoms with van der Waals surface area (Å²) in [5.41, 5.74) is 0.966. The topological polar surface area (TPSA) is 83.5 Å². The molecular formula is C16H19NO4S. The Morgan fingerprint density at radius 1 is 1.09 bits per heavy atom. The molecule has 0 aliphatic carbocycles. The third-order valence-corrected chi connectivity index (χ3v) is 5.11. The Morgan fingerprint density at radius 2 is 1.68 bits per heavy atom. The molecule has 1 atom stereocenters. The third-order valence-electron chi connectivity index (χ3n) is 3.61. The van der Waals surface area contributed by atoms with Crippen LogP contribution in [-0.4, -0.2) is 25.5 Å². The number of carboxylic acid groups (broad SMARTS) is 1. The Bertz CT molecular complexity index is 812. The van der Waals surface area contributed by atoms with Crippen molar-refractivity contribution in [3.05, 3.63) is 42.0 Å². The highest BCUT2D eigenvalue weighted by Crippen LogP contribution is 2.26. The molecule has 0 spiro atoms. The minimum absolute atomic E-state index is 0.0978. The number of fused-ring (bicyclic) bond motifs is 1. The van der Waals surface area contributed by atoms with Gasteiger partial charge in [0.05, 0.1) is 4.90 Å². The van der Waals surface area contributed by atoms with Gasteiger partial charge in [-0.05, 0) is 29.9 Å². The zero-order valence-corrected chi connectivity index (χ0v) is 13.5. The van der Waals surface area contributed by atoms with Crippen LogP contribution >= 0.6 is 0 Å². The number of hydrogen-bond donors (Lipinski definition) is 2. The van der Waals surface area contributed by atoms with Gasteiger partial charge in [0.25, 0.3) is 0 Å². The first-order valence-corrected chi connectivity index (χ1v) is 8.46. The predicted octanol–water partition coefficient (Wildman–Crippen LogP) is 2.54. The third kappa shape index (κ3) is 3.13. The molecule has 0 radical (unpaired) electrons. The summed E-state index contributed by atoms with van der Waals surface area (Å²) >= 11 is 0. The Balaban J connectivity index is 2.55. The van der Waals surface area contributed by atoms with Crippen molar-refractivity contribution in [2.24, 2.45) is 5.92 Å². The number of carboxylic acids is 1. The van der Waals surface area contributed by atoms with Crippen LogP contribution in [0.2, 0.25) is 0 Å². The van der Waals surface area contributed by atoms with Gasteiger partial charge in [0.2, 0.25) is 10.0 Å². The van der Waals surface area contributed by atoms with E-state index in [2.05, 4.69) is 4.72 Å². The number of carbonyl (C=O) groups is 1. The van der Waals surface area contributed by atoms with E-state index in [1.54, 1.807) is 32.0 Å². The van der Waals surface area contributed by atoms with Gasteiger partial charge in [-0.25, -0.2) is 8.42 Å². The van der Waals surface area contributed by atoms with Crippen molar-refractivity contribution >= 4 is 26.8 Å². The van der Waals surface area contributed by atoms with E-state index in [4.69, 9.17) is 0 Å². The van der Waals surface area contributed by atoms with Crippen molar-refractivity contribution < 1.29 is 18.3 Å². The summed E-state index contributed by atoms with van der Waals surface area (Å²) in [6, 6.07) is 9.25. The van der Waals surface area contributed by atoms with Gasteiger partial charge < -0.3 is 5.11 Å². The van der Waals surface area contributed by atoms with Crippen molar-refractivity contribution in [1.82, 2.24) is 4.72 Å². The highest BCUT2D eigenvalue weighted by Gasteiger charge is 2.29. The molecule has 2 rings (SSSR count). The summed E-state index contributed by atoms with van der Waals surface area (Å²) in [6.07, 6.45) is 0. The molecule has 2 N–H and O–H groups in total. The maximum Gasteiger partial charge on any atom is 0.322 e. The van der Waals surface area contributed by atoms with Crippen LogP contribution in [0.25, 0.3) is 10.8 Å². The molecule has 6 heteroatoms. The molecule has 0 aromatic heterocycles. The van der Waals surface area contributed by atoms with E-state index >= 15 is 0 Å². The zero-order chi connectivity index (χ0) is 16.5. The van der Waals surface area contributed by atoms with E-state index < -0.39 is 22.0 Å². The normalized spacial score (nSPS) is 13.5. The van der Waals surface area contributed by atoms with E-state index in [0.29, 0.717) is 5.39 Å².